The van der Waals surface area contributed by atoms with E-state index in [2.05, 4.69) is 10.2 Å². The summed E-state index contributed by atoms with van der Waals surface area (Å²) in [5.41, 5.74) is -0.682. The molecule has 1 aromatic heterocycles. The van der Waals surface area contributed by atoms with Crippen molar-refractivity contribution in [1.82, 2.24) is 15.0 Å². The maximum atomic E-state index is 12.2. The Morgan fingerprint density at radius 1 is 1.38 bits per heavy atom. The Kier molecular flexibility index (Phi) is 3.09. The van der Waals surface area contributed by atoms with Crippen molar-refractivity contribution in [2.45, 2.75) is 19.3 Å². The van der Waals surface area contributed by atoms with Gasteiger partial charge in [-0.25, -0.2) is 0 Å². The highest BCUT2D eigenvalue weighted by atomic mass is 16.5. The Balaban J connectivity index is 2.24. The van der Waals surface area contributed by atoms with E-state index in [4.69, 9.17) is 4.74 Å². The number of ether oxygens (including phenoxy) is 1. The fraction of sp³-hybridized carbons (Fsp3) is 0.600. The molecule has 0 unspecified atom stereocenters. The second kappa shape index (κ2) is 4.52. The highest BCUT2D eigenvalue weighted by molar-refractivity contribution is 5.85. The predicted molar refractivity (Wildman–Crippen MR) is 53.8 cm³/mol. The first-order valence-corrected chi connectivity index (χ1v) is 5.21. The first kappa shape index (κ1) is 10.9. The summed E-state index contributed by atoms with van der Waals surface area (Å²) >= 11 is 0. The second-order valence-electron chi connectivity index (χ2n) is 3.89. The zero-order valence-corrected chi connectivity index (χ0v) is 8.83. The van der Waals surface area contributed by atoms with E-state index in [9.17, 15) is 9.59 Å². The molecule has 16 heavy (non-hydrogen) atoms. The van der Waals surface area contributed by atoms with E-state index in [-0.39, 0.29) is 12.3 Å². The quantitative estimate of drug-likeness (QED) is 0.689. The molecule has 2 rings (SSSR count). The first-order chi connectivity index (χ1) is 7.78. The molecule has 0 aliphatic carbocycles. The van der Waals surface area contributed by atoms with Crippen molar-refractivity contribution in [2.75, 3.05) is 13.2 Å². The fourth-order valence-electron chi connectivity index (χ4n) is 1.96. The van der Waals surface area contributed by atoms with Gasteiger partial charge in [0.1, 0.15) is 6.29 Å². The Labute approximate surface area is 92.6 Å². The second-order valence-corrected chi connectivity index (χ2v) is 3.89. The molecular formula is C10H13N3O3. The van der Waals surface area contributed by atoms with Crippen molar-refractivity contribution < 1.29 is 14.3 Å². The summed E-state index contributed by atoms with van der Waals surface area (Å²) in [5, 5.41) is 7.64. The lowest BCUT2D eigenvalue weighted by Gasteiger charge is -2.33. The lowest BCUT2D eigenvalue weighted by Crippen LogP contribution is -2.41. The summed E-state index contributed by atoms with van der Waals surface area (Å²) in [7, 11) is 0. The molecule has 1 saturated heterocycles. The zero-order chi connectivity index (χ0) is 11.4. The molecule has 0 saturated carbocycles. The predicted octanol–water partition coefficient (Wildman–Crippen LogP) is 0.304. The van der Waals surface area contributed by atoms with Crippen LogP contribution in [0.4, 0.5) is 0 Å². The molecule has 0 atom stereocenters. The molecule has 1 fully saturated rings. The topological polar surface area (TPSA) is 74.1 Å². The molecule has 6 heteroatoms. The fourth-order valence-corrected chi connectivity index (χ4v) is 1.96. The maximum absolute atomic E-state index is 12.2. The van der Waals surface area contributed by atoms with E-state index >= 15 is 0 Å². The third-order valence-electron chi connectivity index (χ3n) is 2.98. The Morgan fingerprint density at radius 3 is 2.56 bits per heavy atom. The molecule has 0 aromatic carbocycles. The number of aldehydes is 1. The van der Waals surface area contributed by atoms with Gasteiger partial charge >= 0.3 is 0 Å². The van der Waals surface area contributed by atoms with Gasteiger partial charge in [-0.1, -0.05) is 0 Å². The molecule has 2 heterocycles. The monoisotopic (exact) mass is 223 g/mol. The average Bonchev–Trinajstić information content (AvgIpc) is 2.83. The smallest absolute Gasteiger partial charge is 0.271 e. The minimum Gasteiger partial charge on any atom is -0.381 e. The van der Waals surface area contributed by atoms with Crippen molar-refractivity contribution in [1.29, 1.82) is 0 Å². The Morgan fingerprint density at radius 2 is 2.00 bits per heavy atom. The molecule has 0 radical (unpaired) electrons. The number of nitrogens with zero attached hydrogens (tertiary/aromatic N) is 3. The SMILES string of the molecule is O=CCC1(C(=O)n2nccn2)CCOCC1. The first-order valence-electron chi connectivity index (χ1n) is 5.21. The molecule has 0 spiro atoms. The van der Waals surface area contributed by atoms with Gasteiger partial charge in [-0.05, 0) is 12.8 Å². The van der Waals surface area contributed by atoms with Crippen molar-refractivity contribution in [2.24, 2.45) is 5.41 Å². The van der Waals surface area contributed by atoms with Crippen LogP contribution < -0.4 is 0 Å². The van der Waals surface area contributed by atoms with E-state index in [1.807, 2.05) is 0 Å². The molecule has 1 aromatic rings. The van der Waals surface area contributed by atoms with E-state index < -0.39 is 5.41 Å². The third-order valence-corrected chi connectivity index (χ3v) is 2.98. The molecule has 1 aliphatic heterocycles. The minimum absolute atomic E-state index is 0.205. The van der Waals surface area contributed by atoms with Crippen molar-refractivity contribution in [3.63, 3.8) is 0 Å². The van der Waals surface area contributed by atoms with Gasteiger partial charge in [-0.15, -0.1) is 4.80 Å². The number of aromatic nitrogens is 3. The molecule has 6 nitrogen and oxygen atoms in total. The number of rotatable bonds is 3. The van der Waals surface area contributed by atoms with Crippen LogP contribution in [0, 0.1) is 5.41 Å². The van der Waals surface area contributed by atoms with Crippen LogP contribution in [0.3, 0.4) is 0 Å². The maximum Gasteiger partial charge on any atom is 0.271 e. The van der Waals surface area contributed by atoms with Crippen molar-refractivity contribution >= 4 is 12.2 Å². The third kappa shape index (κ3) is 1.88. The lowest BCUT2D eigenvalue weighted by molar-refractivity contribution is -0.110. The van der Waals surface area contributed by atoms with E-state index in [1.54, 1.807) is 0 Å². The molecule has 86 valence electrons. The van der Waals surface area contributed by atoms with Crippen LogP contribution in [0.5, 0.6) is 0 Å². The van der Waals surface area contributed by atoms with Crippen LogP contribution in [0.2, 0.25) is 0 Å². The van der Waals surface area contributed by atoms with Gasteiger partial charge in [0.05, 0.1) is 17.8 Å². The van der Waals surface area contributed by atoms with Crippen LogP contribution in [-0.4, -0.2) is 40.4 Å². The summed E-state index contributed by atoms with van der Waals surface area (Å²) in [6.07, 6.45) is 4.99. The van der Waals surface area contributed by atoms with Crippen molar-refractivity contribution in [3.05, 3.63) is 12.4 Å². The van der Waals surface area contributed by atoms with Crippen LogP contribution in [0.15, 0.2) is 12.4 Å². The molecule has 0 bridgehead atoms. The normalized spacial score (nSPS) is 19.2. The van der Waals surface area contributed by atoms with Crippen LogP contribution in [0.25, 0.3) is 0 Å². The van der Waals surface area contributed by atoms with E-state index in [0.717, 1.165) is 11.1 Å². The van der Waals surface area contributed by atoms with Crippen LogP contribution in [-0.2, 0) is 9.53 Å². The van der Waals surface area contributed by atoms with Crippen LogP contribution >= 0.6 is 0 Å². The van der Waals surface area contributed by atoms with Gasteiger partial charge in [-0.3, -0.25) is 4.79 Å². The zero-order valence-electron chi connectivity index (χ0n) is 8.83. The highest BCUT2D eigenvalue weighted by Gasteiger charge is 2.41. The highest BCUT2D eigenvalue weighted by Crippen LogP contribution is 2.34. The summed E-state index contributed by atoms with van der Waals surface area (Å²) in [6, 6.07) is 0. The number of hydrogen-bond donors (Lipinski definition) is 0. The summed E-state index contributed by atoms with van der Waals surface area (Å²) < 4.78 is 5.22. The molecule has 0 amide bonds. The Bertz CT molecular complexity index is 369. The van der Waals surface area contributed by atoms with Crippen LogP contribution in [0.1, 0.15) is 24.1 Å². The number of carbonyl (C=O) groups is 2. The summed E-state index contributed by atoms with van der Waals surface area (Å²) in [5.74, 6) is -0.215. The van der Waals surface area contributed by atoms with E-state index in [1.165, 1.54) is 12.4 Å². The van der Waals surface area contributed by atoms with Gasteiger partial charge in [0.15, 0.2) is 0 Å². The Hall–Kier alpha value is -1.56. The van der Waals surface area contributed by atoms with Crippen molar-refractivity contribution in [3.8, 4) is 0 Å². The number of hydrogen-bond acceptors (Lipinski definition) is 5. The van der Waals surface area contributed by atoms with Gasteiger partial charge in [0, 0.05) is 19.6 Å². The van der Waals surface area contributed by atoms with Gasteiger partial charge in [-0.2, -0.15) is 10.2 Å². The molecule has 0 N–H and O–H groups in total. The largest absolute Gasteiger partial charge is 0.381 e. The standard InChI is InChI=1S/C10H13N3O3/c14-6-1-10(2-7-16-8-3-10)9(15)13-11-4-5-12-13/h4-6H,1-3,7-8H2. The van der Waals surface area contributed by atoms with Gasteiger partial charge < -0.3 is 9.53 Å². The average molecular weight is 223 g/mol. The molecular weight excluding hydrogens is 210 g/mol. The number of carbonyl (C=O) groups excluding carboxylic acids is 2. The van der Waals surface area contributed by atoms with Gasteiger partial charge in [0.2, 0.25) is 0 Å². The summed E-state index contributed by atoms with van der Waals surface area (Å²) in [6.45, 7) is 1.00. The minimum atomic E-state index is -0.682. The van der Waals surface area contributed by atoms with E-state index in [0.29, 0.717) is 26.1 Å². The lowest BCUT2D eigenvalue weighted by atomic mass is 9.77. The molecule has 1 aliphatic rings. The summed E-state index contributed by atoms with van der Waals surface area (Å²) in [4.78, 5) is 24.0. The van der Waals surface area contributed by atoms with Gasteiger partial charge in [0.25, 0.3) is 5.91 Å².